The number of para-hydroxylation sites is 1. The number of nitrogens with zero attached hydrogens (tertiary/aromatic N) is 4. The number of amides is 1. The molecule has 1 aliphatic carbocycles. The molecule has 1 amide bonds. The second-order valence-corrected chi connectivity index (χ2v) is 7.38. The Bertz CT molecular complexity index is 1070. The Morgan fingerprint density at radius 3 is 3.08 bits per heavy atom. The highest BCUT2D eigenvalue weighted by Gasteiger charge is 2.30. The summed E-state index contributed by atoms with van der Waals surface area (Å²) >= 11 is 1.47. The number of H-pyrrole nitrogens is 1. The summed E-state index contributed by atoms with van der Waals surface area (Å²) in [6.07, 6.45) is 4.57. The normalized spacial score (nSPS) is 14.4. The minimum absolute atomic E-state index is 0.0156. The topological polar surface area (TPSA) is 88.0 Å². The van der Waals surface area contributed by atoms with Gasteiger partial charge in [0.2, 0.25) is 10.9 Å². The van der Waals surface area contributed by atoms with Crippen LogP contribution >= 0.6 is 11.3 Å². The van der Waals surface area contributed by atoms with Crippen LogP contribution in [0.1, 0.15) is 35.2 Å². The first-order chi connectivity index (χ1) is 12.3. The highest BCUT2D eigenvalue weighted by molar-refractivity contribution is 7.16. The van der Waals surface area contributed by atoms with E-state index in [2.05, 4.69) is 25.6 Å². The molecule has 1 aliphatic rings. The van der Waals surface area contributed by atoms with Crippen LogP contribution in [0.5, 0.6) is 0 Å². The number of carbonyl (C=O) groups is 1. The minimum Gasteiger partial charge on any atom is -0.361 e. The molecule has 0 spiro atoms. The third kappa shape index (κ3) is 2.68. The second-order valence-electron chi connectivity index (χ2n) is 6.34. The molecule has 0 unspecified atom stereocenters. The molecule has 3 heterocycles. The van der Waals surface area contributed by atoms with Gasteiger partial charge in [-0.25, -0.2) is 0 Å². The van der Waals surface area contributed by atoms with Crippen LogP contribution in [0, 0.1) is 0 Å². The Morgan fingerprint density at radius 2 is 2.20 bits per heavy atom. The van der Waals surface area contributed by atoms with E-state index in [1.54, 1.807) is 0 Å². The summed E-state index contributed by atoms with van der Waals surface area (Å²) < 4.78 is 1.82. The van der Waals surface area contributed by atoms with Crippen molar-refractivity contribution in [1.29, 1.82) is 0 Å². The van der Waals surface area contributed by atoms with E-state index in [9.17, 15) is 4.79 Å². The van der Waals surface area contributed by atoms with Crippen molar-refractivity contribution in [1.82, 2.24) is 30.1 Å². The lowest BCUT2D eigenvalue weighted by atomic mass is 10.1. The van der Waals surface area contributed by atoms with Gasteiger partial charge >= 0.3 is 0 Å². The summed E-state index contributed by atoms with van der Waals surface area (Å²) in [7, 11) is 0. The number of carbonyl (C=O) groups excluding carboxylic acids is 1. The summed E-state index contributed by atoms with van der Waals surface area (Å²) in [5.41, 5.74) is 2.05. The fourth-order valence-corrected chi connectivity index (χ4v) is 3.81. The Labute approximate surface area is 147 Å². The van der Waals surface area contributed by atoms with Crippen LogP contribution in [0.4, 0.5) is 0 Å². The van der Waals surface area contributed by atoms with E-state index in [-0.39, 0.29) is 5.91 Å². The molecular formula is C17H16N6OS. The zero-order valence-electron chi connectivity index (χ0n) is 13.4. The second kappa shape index (κ2) is 5.66. The van der Waals surface area contributed by atoms with Gasteiger partial charge in [-0.15, -0.1) is 10.2 Å². The predicted octanol–water partition coefficient (Wildman–Crippen LogP) is 2.40. The largest absolute Gasteiger partial charge is 0.361 e. The minimum atomic E-state index is -0.0156. The molecule has 0 saturated heterocycles. The number of aromatic amines is 1. The van der Waals surface area contributed by atoms with Crippen molar-refractivity contribution in [3.05, 3.63) is 46.9 Å². The van der Waals surface area contributed by atoms with Crippen molar-refractivity contribution in [2.24, 2.45) is 0 Å². The Morgan fingerprint density at radius 1 is 1.32 bits per heavy atom. The molecule has 7 nitrogen and oxygen atoms in total. The molecule has 0 atom stereocenters. The van der Waals surface area contributed by atoms with Gasteiger partial charge in [0.25, 0.3) is 0 Å². The molecule has 5 rings (SSSR count). The van der Waals surface area contributed by atoms with Crippen LogP contribution in [0.2, 0.25) is 0 Å². The van der Waals surface area contributed by atoms with Gasteiger partial charge < -0.3 is 10.3 Å². The third-order valence-electron chi connectivity index (χ3n) is 4.46. The molecule has 25 heavy (non-hydrogen) atoms. The van der Waals surface area contributed by atoms with Gasteiger partial charge in [0.05, 0.1) is 13.0 Å². The van der Waals surface area contributed by atoms with Crippen molar-refractivity contribution >= 4 is 33.1 Å². The van der Waals surface area contributed by atoms with Crippen molar-refractivity contribution in [2.45, 2.75) is 31.7 Å². The molecule has 0 aliphatic heterocycles. The highest BCUT2D eigenvalue weighted by Crippen LogP contribution is 2.39. The number of nitrogens with one attached hydrogen (secondary N) is 2. The molecular weight excluding hydrogens is 336 g/mol. The van der Waals surface area contributed by atoms with E-state index in [1.807, 2.05) is 35.0 Å². The maximum absolute atomic E-state index is 12.3. The Balaban J connectivity index is 1.27. The van der Waals surface area contributed by atoms with Gasteiger partial charge in [0.1, 0.15) is 5.01 Å². The number of aromatic nitrogens is 5. The maximum atomic E-state index is 12.3. The van der Waals surface area contributed by atoms with E-state index in [4.69, 9.17) is 0 Å². The molecule has 4 aromatic rings. The number of hydrogen-bond donors (Lipinski definition) is 2. The molecule has 126 valence electrons. The van der Waals surface area contributed by atoms with Crippen molar-refractivity contribution in [3.8, 4) is 0 Å². The van der Waals surface area contributed by atoms with Crippen LogP contribution < -0.4 is 5.32 Å². The van der Waals surface area contributed by atoms with Gasteiger partial charge in [0, 0.05) is 23.0 Å². The van der Waals surface area contributed by atoms with E-state index >= 15 is 0 Å². The molecule has 1 aromatic carbocycles. The third-order valence-corrected chi connectivity index (χ3v) is 5.36. The van der Waals surface area contributed by atoms with Crippen LogP contribution in [-0.2, 0) is 17.8 Å². The standard InChI is InChI=1S/C17H16N6OS/c24-14(7-11-8-18-13-4-2-1-3-12(11)13)19-9-15-22-23-16(10-5-6-10)20-21-17(23)25-15/h1-4,8,10,18H,5-7,9H2,(H,19,24). The number of hydrogen-bond acceptors (Lipinski definition) is 5. The van der Waals surface area contributed by atoms with Crippen LogP contribution in [0.3, 0.4) is 0 Å². The molecule has 0 radical (unpaired) electrons. The Hall–Kier alpha value is -2.74. The van der Waals surface area contributed by atoms with E-state index in [0.29, 0.717) is 18.9 Å². The van der Waals surface area contributed by atoms with Crippen LogP contribution in [-0.4, -0.2) is 30.7 Å². The summed E-state index contributed by atoms with van der Waals surface area (Å²) in [6, 6.07) is 7.99. The van der Waals surface area contributed by atoms with Crippen LogP contribution in [0.15, 0.2) is 30.5 Å². The first kappa shape index (κ1) is 14.6. The summed E-state index contributed by atoms with van der Waals surface area (Å²) in [6.45, 7) is 0.416. The van der Waals surface area contributed by atoms with E-state index < -0.39 is 0 Å². The molecule has 2 N–H and O–H groups in total. The van der Waals surface area contributed by atoms with Crippen molar-refractivity contribution in [2.75, 3.05) is 0 Å². The Kier molecular flexibility index (Phi) is 3.30. The molecule has 1 saturated carbocycles. The smallest absolute Gasteiger partial charge is 0.234 e. The first-order valence-corrected chi connectivity index (χ1v) is 9.12. The van der Waals surface area contributed by atoms with Gasteiger partial charge in [-0.2, -0.15) is 9.61 Å². The summed E-state index contributed by atoms with van der Waals surface area (Å²) in [5, 5.41) is 17.8. The average Bonchev–Trinajstić information content (AvgIpc) is 3.08. The molecule has 1 fully saturated rings. The molecule has 3 aromatic heterocycles. The van der Waals surface area contributed by atoms with Crippen molar-refractivity contribution < 1.29 is 4.79 Å². The van der Waals surface area contributed by atoms with Gasteiger partial charge in [-0.05, 0) is 24.5 Å². The SMILES string of the molecule is O=C(Cc1c[nH]c2ccccc12)NCc1nn2c(C3CC3)nnc2s1. The van der Waals surface area contributed by atoms with Crippen molar-refractivity contribution in [3.63, 3.8) is 0 Å². The average molecular weight is 352 g/mol. The fraction of sp³-hybridized carbons (Fsp3) is 0.294. The summed E-state index contributed by atoms with van der Waals surface area (Å²) in [4.78, 5) is 16.3. The fourth-order valence-electron chi connectivity index (χ4n) is 3.03. The van der Waals surface area contributed by atoms with Gasteiger partial charge in [0.15, 0.2) is 5.82 Å². The molecule has 0 bridgehead atoms. The zero-order chi connectivity index (χ0) is 16.8. The van der Waals surface area contributed by atoms with Gasteiger partial charge in [-0.1, -0.05) is 29.5 Å². The highest BCUT2D eigenvalue weighted by atomic mass is 32.1. The molecule has 8 heteroatoms. The number of fused-ring (bicyclic) bond motifs is 2. The monoisotopic (exact) mass is 352 g/mol. The summed E-state index contributed by atoms with van der Waals surface area (Å²) in [5.74, 6) is 1.43. The van der Waals surface area contributed by atoms with Crippen LogP contribution in [0.25, 0.3) is 15.9 Å². The first-order valence-electron chi connectivity index (χ1n) is 8.30. The van der Waals surface area contributed by atoms with E-state index in [1.165, 1.54) is 11.3 Å². The van der Waals surface area contributed by atoms with E-state index in [0.717, 1.165) is 45.1 Å². The number of benzene rings is 1. The lowest BCUT2D eigenvalue weighted by Gasteiger charge is -2.02. The maximum Gasteiger partial charge on any atom is 0.234 e. The lowest BCUT2D eigenvalue weighted by molar-refractivity contribution is -0.120. The predicted molar refractivity (Wildman–Crippen MR) is 94.5 cm³/mol. The lowest BCUT2D eigenvalue weighted by Crippen LogP contribution is -2.24. The zero-order valence-corrected chi connectivity index (χ0v) is 14.2. The quantitative estimate of drug-likeness (QED) is 0.577. The number of rotatable bonds is 5. The van der Waals surface area contributed by atoms with Gasteiger partial charge in [-0.3, -0.25) is 4.79 Å².